The molecule has 2 aliphatic rings. The molecule has 1 aliphatic heterocycles. The number of hydrogen-bond donors (Lipinski definition) is 0. The van der Waals surface area contributed by atoms with Gasteiger partial charge in [0.1, 0.15) is 16.9 Å². The van der Waals surface area contributed by atoms with Gasteiger partial charge in [-0.15, -0.1) is 11.3 Å². The number of rotatable bonds is 5. The van der Waals surface area contributed by atoms with Gasteiger partial charge in [0.05, 0.1) is 25.9 Å². The second-order valence-electron chi connectivity index (χ2n) is 6.54. The van der Waals surface area contributed by atoms with E-state index in [1.54, 1.807) is 17.4 Å². The lowest BCUT2D eigenvalue weighted by Gasteiger charge is -2.23. The first-order valence-corrected chi connectivity index (χ1v) is 9.48. The summed E-state index contributed by atoms with van der Waals surface area (Å²) >= 11 is 1.71. The fourth-order valence-electron chi connectivity index (χ4n) is 3.13. The third kappa shape index (κ3) is 3.55. The molecule has 1 atom stereocenters. The average molecular weight is 359 g/mol. The van der Waals surface area contributed by atoms with Crippen molar-refractivity contribution in [3.63, 3.8) is 0 Å². The van der Waals surface area contributed by atoms with Crippen LogP contribution in [0, 0.1) is 0 Å². The lowest BCUT2D eigenvalue weighted by molar-refractivity contribution is 0.0600. The van der Waals surface area contributed by atoms with E-state index in [2.05, 4.69) is 4.98 Å². The van der Waals surface area contributed by atoms with Crippen molar-refractivity contribution in [1.29, 1.82) is 0 Å². The van der Waals surface area contributed by atoms with Crippen molar-refractivity contribution in [3.8, 4) is 16.3 Å². The lowest BCUT2D eigenvalue weighted by Crippen LogP contribution is -2.16. The molecule has 2 heterocycles. The first-order chi connectivity index (χ1) is 12.2. The van der Waals surface area contributed by atoms with Gasteiger partial charge >= 0.3 is 5.97 Å². The molecule has 1 aromatic carbocycles. The Balaban J connectivity index is 1.64. The first-order valence-electron chi connectivity index (χ1n) is 8.67. The molecule has 2 fully saturated rings. The van der Waals surface area contributed by atoms with Crippen molar-refractivity contribution in [1.82, 2.24) is 4.98 Å². The molecular weight excluding hydrogens is 338 g/mol. The smallest absolute Gasteiger partial charge is 0.338 e. The molecule has 25 heavy (non-hydrogen) atoms. The Bertz CT molecular complexity index is 763. The maximum atomic E-state index is 12.0. The maximum Gasteiger partial charge on any atom is 0.338 e. The van der Waals surface area contributed by atoms with Crippen LogP contribution in [0.25, 0.3) is 10.6 Å². The zero-order valence-corrected chi connectivity index (χ0v) is 15.0. The number of hydrogen-bond acceptors (Lipinski definition) is 6. The van der Waals surface area contributed by atoms with Crippen LogP contribution in [0.4, 0.5) is 0 Å². The monoisotopic (exact) mass is 359 g/mol. The Morgan fingerprint density at radius 3 is 2.84 bits per heavy atom. The van der Waals surface area contributed by atoms with Crippen LogP contribution in [0.1, 0.15) is 46.8 Å². The third-order valence-electron chi connectivity index (χ3n) is 4.80. The molecule has 1 saturated carbocycles. The number of aromatic nitrogens is 1. The van der Waals surface area contributed by atoms with Crippen molar-refractivity contribution in [2.45, 2.75) is 37.7 Å². The highest BCUT2D eigenvalue weighted by Crippen LogP contribution is 2.41. The molecule has 0 amide bonds. The minimum absolute atomic E-state index is 0.0302. The van der Waals surface area contributed by atoms with Gasteiger partial charge in [0, 0.05) is 23.1 Å². The summed E-state index contributed by atoms with van der Waals surface area (Å²) in [6, 6.07) is 5.51. The molecule has 0 spiro atoms. The summed E-state index contributed by atoms with van der Waals surface area (Å²) in [7, 11) is 1.39. The number of thiazole rings is 1. The summed E-state index contributed by atoms with van der Waals surface area (Å²) in [4.78, 5) is 17.9. The van der Waals surface area contributed by atoms with Crippen LogP contribution in [0.15, 0.2) is 24.4 Å². The van der Waals surface area contributed by atoms with E-state index in [9.17, 15) is 4.79 Å². The van der Waals surface area contributed by atoms with Gasteiger partial charge in [-0.25, -0.2) is 9.78 Å². The number of benzene rings is 1. The van der Waals surface area contributed by atoms with Crippen molar-refractivity contribution in [2.24, 2.45) is 0 Å². The Hall–Kier alpha value is -1.92. The summed E-state index contributed by atoms with van der Waals surface area (Å²) in [5.41, 5.74) is 1.38. The number of nitrogens with zero attached hydrogens (tertiary/aromatic N) is 1. The number of esters is 1. The van der Waals surface area contributed by atoms with E-state index >= 15 is 0 Å². The van der Waals surface area contributed by atoms with Crippen LogP contribution in [-0.2, 0) is 9.47 Å². The number of ether oxygens (including phenoxy) is 3. The highest BCUT2D eigenvalue weighted by molar-refractivity contribution is 7.15. The molecule has 0 radical (unpaired) electrons. The van der Waals surface area contributed by atoms with Crippen molar-refractivity contribution in [2.75, 3.05) is 20.3 Å². The zero-order chi connectivity index (χ0) is 17.2. The van der Waals surface area contributed by atoms with Crippen molar-refractivity contribution >= 4 is 17.3 Å². The van der Waals surface area contributed by atoms with Gasteiger partial charge < -0.3 is 14.2 Å². The highest BCUT2D eigenvalue weighted by atomic mass is 32.1. The standard InChI is InChI=1S/C19H21NO4S/c1-22-19(21)14-7-13(8-16(9-14)24-15-5-6-23-11-15)18-20-10-17(25-18)12-3-2-4-12/h7-10,12,15H,2-6,11H2,1H3/t15-/m0/s1. The largest absolute Gasteiger partial charge is 0.488 e. The fraction of sp³-hybridized carbons (Fsp3) is 0.474. The van der Waals surface area contributed by atoms with Crippen molar-refractivity contribution < 1.29 is 19.0 Å². The van der Waals surface area contributed by atoms with Gasteiger partial charge in [0.25, 0.3) is 0 Å². The molecule has 1 saturated heterocycles. The maximum absolute atomic E-state index is 12.0. The van der Waals surface area contributed by atoms with E-state index in [4.69, 9.17) is 14.2 Å². The van der Waals surface area contributed by atoms with Crippen molar-refractivity contribution in [3.05, 3.63) is 34.8 Å². The zero-order valence-electron chi connectivity index (χ0n) is 14.2. The Kier molecular flexibility index (Phi) is 4.72. The highest BCUT2D eigenvalue weighted by Gasteiger charge is 2.23. The molecule has 5 nitrogen and oxygen atoms in total. The van der Waals surface area contributed by atoms with Gasteiger partial charge in [0.2, 0.25) is 0 Å². The van der Waals surface area contributed by atoms with Crippen LogP contribution in [0.5, 0.6) is 5.75 Å². The summed E-state index contributed by atoms with van der Waals surface area (Å²) in [5.74, 6) is 0.945. The van der Waals surface area contributed by atoms with E-state index in [-0.39, 0.29) is 12.1 Å². The predicted octanol–water partition coefficient (Wildman–Crippen LogP) is 4.03. The molecule has 1 aliphatic carbocycles. The second kappa shape index (κ2) is 7.14. The van der Waals surface area contributed by atoms with Gasteiger partial charge in [-0.05, 0) is 37.0 Å². The summed E-state index contributed by atoms with van der Waals surface area (Å²) in [6.07, 6.45) is 6.67. The Labute approximate surface area is 150 Å². The summed E-state index contributed by atoms with van der Waals surface area (Å²) in [6.45, 7) is 1.30. The number of methoxy groups -OCH3 is 1. The van der Waals surface area contributed by atoms with E-state index in [0.29, 0.717) is 30.4 Å². The quantitative estimate of drug-likeness (QED) is 0.754. The molecule has 2 aromatic rings. The molecule has 6 heteroatoms. The SMILES string of the molecule is COC(=O)c1cc(O[C@H]2CCOC2)cc(-c2ncc(C3CCC3)s2)c1. The Morgan fingerprint density at radius 2 is 2.16 bits per heavy atom. The van der Waals surface area contributed by atoms with Crippen LogP contribution >= 0.6 is 11.3 Å². The first kappa shape index (κ1) is 16.5. The number of carbonyl (C=O) groups excluding carboxylic acids is 1. The fourth-order valence-corrected chi connectivity index (χ4v) is 4.20. The molecule has 0 unspecified atom stereocenters. The normalized spacial score (nSPS) is 20.3. The topological polar surface area (TPSA) is 57.7 Å². The van der Waals surface area contributed by atoms with E-state index in [1.165, 1.54) is 31.2 Å². The van der Waals surface area contributed by atoms with E-state index in [0.717, 1.165) is 17.0 Å². The van der Waals surface area contributed by atoms with Gasteiger partial charge in [-0.1, -0.05) is 6.42 Å². The van der Waals surface area contributed by atoms with Crippen LogP contribution in [-0.4, -0.2) is 37.4 Å². The van der Waals surface area contributed by atoms with Crippen LogP contribution < -0.4 is 4.74 Å². The third-order valence-corrected chi connectivity index (χ3v) is 6.01. The molecule has 0 bridgehead atoms. The van der Waals surface area contributed by atoms with Gasteiger partial charge in [-0.3, -0.25) is 0 Å². The minimum Gasteiger partial charge on any atom is -0.488 e. The lowest BCUT2D eigenvalue weighted by atomic mass is 9.85. The molecular formula is C19H21NO4S. The molecule has 1 aromatic heterocycles. The molecule has 0 N–H and O–H groups in total. The second-order valence-corrected chi connectivity index (χ2v) is 7.60. The van der Waals surface area contributed by atoms with Crippen LogP contribution in [0.2, 0.25) is 0 Å². The van der Waals surface area contributed by atoms with E-state index < -0.39 is 0 Å². The van der Waals surface area contributed by atoms with Crippen LogP contribution in [0.3, 0.4) is 0 Å². The van der Waals surface area contributed by atoms with Gasteiger partial charge in [-0.2, -0.15) is 0 Å². The number of carbonyl (C=O) groups is 1. The summed E-state index contributed by atoms with van der Waals surface area (Å²) in [5, 5.41) is 0.917. The molecule has 132 valence electrons. The Morgan fingerprint density at radius 1 is 1.28 bits per heavy atom. The molecule has 4 rings (SSSR count). The average Bonchev–Trinajstić information content (AvgIpc) is 3.24. The van der Waals surface area contributed by atoms with E-state index in [1.807, 2.05) is 18.3 Å². The summed E-state index contributed by atoms with van der Waals surface area (Å²) < 4.78 is 16.3. The van der Waals surface area contributed by atoms with Gasteiger partial charge in [0.15, 0.2) is 0 Å². The minimum atomic E-state index is -0.370. The predicted molar refractivity (Wildman–Crippen MR) is 95.3 cm³/mol.